The fraction of sp³-hybridized carbons (Fsp3) is 0.923. The lowest BCUT2D eigenvalue weighted by atomic mass is 10.0. The van der Waals surface area contributed by atoms with Crippen molar-refractivity contribution in [2.45, 2.75) is 58.4 Å². The Morgan fingerprint density at radius 1 is 1.38 bits per heavy atom. The van der Waals surface area contributed by atoms with Crippen LogP contribution in [0.15, 0.2) is 0 Å². The fourth-order valence-corrected chi connectivity index (χ4v) is 2.80. The van der Waals surface area contributed by atoms with Crippen molar-refractivity contribution in [3.05, 3.63) is 0 Å². The molecule has 1 rings (SSSR count). The summed E-state index contributed by atoms with van der Waals surface area (Å²) in [4.78, 5) is 11.7. The van der Waals surface area contributed by atoms with Gasteiger partial charge in [0.2, 0.25) is 5.91 Å². The fourth-order valence-electron chi connectivity index (χ4n) is 2.24. The lowest BCUT2D eigenvalue weighted by molar-refractivity contribution is -0.122. The van der Waals surface area contributed by atoms with Crippen LogP contribution in [0.5, 0.6) is 0 Å². The number of alkyl halides is 1. The number of hydrogen-bond donors (Lipinski definition) is 1. The van der Waals surface area contributed by atoms with E-state index in [4.69, 9.17) is 0 Å². The maximum Gasteiger partial charge on any atom is 0.220 e. The van der Waals surface area contributed by atoms with Gasteiger partial charge in [0.15, 0.2) is 0 Å². The first-order chi connectivity index (χ1) is 7.63. The maximum atomic E-state index is 11.7. The molecule has 2 nitrogen and oxygen atoms in total. The Balaban J connectivity index is 2.14. The van der Waals surface area contributed by atoms with Gasteiger partial charge in [-0.2, -0.15) is 0 Å². The molecule has 0 aromatic heterocycles. The molecule has 2 atom stereocenters. The van der Waals surface area contributed by atoms with Crippen molar-refractivity contribution in [1.29, 1.82) is 0 Å². The third kappa shape index (κ3) is 4.86. The summed E-state index contributed by atoms with van der Waals surface area (Å²) in [5, 5.41) is 4.03. The molecule has 0 radical (unpaired) electrons. The minimum Gasteiger partial charge on any atom is -0.353 e. The van der Waals surface area contributed by atoms with Crippen molar-refractivity contribution in [1.82, 2.24) is 5.32 Å². The Labute approximate surface area is 108 Å². The van der Waals surface area contributed by atoms with Crippen LogP contribution in [0.3, 0.4) is 0 Å². The highest BCUT2D eigenvalue weighted by atomic mass is 79.9. The molecular formula is C13H24BrNO. The standard InChI is InChI=1S/C13H24BrNO/c1-10(9-14)11(2)15-13(16)8-7-12-5-3-4-6-12/h10-12H,3-9H2,1-2H3,(H,15,16). The van der Waals surface area contributed by atoms with Gasteiger partial charge >= 0.3 is 0 Å². The van der Waals surface area contributed by atoms with E-state index in [1.54, 1.807) is 0 Å². The molecule has 0 aromatic carbocycles. The van der Waals surface area contributed by atoms with E-state index >= 15 is 0 Å². The zero-order valence-corrected chi connectivity index (χ0v) is 12.1. The van der Waals surface area contributed by atoms with E-state index < -0.39 is 0 Å². The van der Waals surface area contributed by atoms with Crippen molar-refractivity contribution in [3.8, 4) is 0 Å². The summed E-state index contributed by atoms with van der Waals surface area (Å²) in [6.07, 6.45) is 7.19. The Hall–Kier alpha value is -0.0500. The molecular weight excluding hydrogens is 266 g/mol. The van der Waals surface area contributed by atoms with Crippen molar-refractivity contribution < 1.29 is 4.79 Å². The monoisotopic (exact) mass is 289 g/mol. The zero-order chi connectivity index (χ0) is 12.0. The highest BCUT2D eigenvalue weighted by molar-refractivity contribution is 9.09. The minimum absolute atomic E-state index is 0.229. The van der Waals surface area contributed by atoms with Gasteiger partial charge in [-0.3, -0.25) is 4.79 Å². The Morgan fingerprint density at radius 3 is 2.56 bits per heavy atom. The van der Waals surface area contributed by atoms with E-state index in [9.17, 15) is 4.79 Å². The summed E-state index contributed by atoms with van der Waals surface area (Å²) in [7, 11) is 0. The number of nitrogens with one attached hydrogen (secondary N) is 1. The van der Waals surface area contributed by atoms with E-state index in [-0.39, 0.29) is 11.9 Å². The number of carbonyl (C=O) groups is 1. The Morgan fingerprint density at radius 2 is 2.00 bits per heavy atom. The van der Waals surface area contributed by atoms with Gasteiger partial charge in [0, 0.05) is 17.8 Å². The van der Waals surface area contributed by atoms with Crippen molar-refractivity contribution in [2.75, 3.05) is 5.33 Å². The largest absolute Gasteiger partial charge is 0.353 e. The van der Waals surface area contributed by atoms with Crippen LogP contribution in [-0.4, -0.2) is 17.3 Å². The molecule has 1 fully saturated rings. The second-order valence-corrected chi connectivity index (χ2v) is 5.82. The summed E-state index contributed by atoms with van der Waals surface area (Å²) in [6.45, 7) is 4.23. The number of hydrogen-bond acceptors (Lipinski definition) is 1. The summed E-state index contributed by atoms with van der Waals surface area (Å²) in [5.41, 5.74) is 0. The van der Waals surface area contributed by atoms with Crippen LogP contribution in [0.25, 0.3) is 0 Å². The quantitative estimate of drug-likeness (QED) is 0.745. The van der Waals surface area contributed by atoms with Crippen LogP contribution < -0.4 is 5.32 Å². The van der Waals surface area contributed by atoms with Gasteiger partial charge in [0.1, 0.15) is 0 Å². The number of halogens is 1. The molecule has 0 spiro atoms. The molecule has 3 heteroatoms. The first-order valence-electron chi connectivity index (χ1n) is 6.48. The average Bonchev–Trinajstić information content (AvgIpc) is 2.78. The normalized spacial score (nSPS) is 20.7. The molecule has 1 saturated carbocycles. The third-order valence-electron chi connectivity index (χ3n) is 3.74. The molecule has 0 bridgehead atoms. The SMILES string of the molecule is CC(CBr)C(C)NC(=O)CCC1CCCC1. The van der Waals surface area contributed by atoms with Gasteiger partial charge in [-0.05, 0) is 25.2 Å². The van der Waals surface area contributed by atoms with Crippen LogP contribution in [0.2, 0.25) is 0 Å². The van der Waals surface area contributed by atoms with Crippen LogP contribution in [0, 0.1) is 11.8 Å². The molecule has 0 aliphatic heterocycles. The molecule has 1 amide bonds. The van der Waals surface area contributed by atoms with E-state index in [0.29, 0.717) is 12.3 Å². The molecule has 2 unspecified atom stereocenters. The second-order valence-electron chi connectivity index (χ2n) is 5.18. The maximum absolute atomic E-state index is 11.7. The van der Waals surface area contributed by atoms with E-state index in [2.05, 4.69) is 35.1 Å². The van der Waals surface area contributed by atoms with Gasteiger partial charge in [-0.25, -0.2) is 0 Å². The summed E-state index contributed by atoms with van der Waals surface area (Å²) >= 11 is 3.45. The smallest absolute Gasteiger partial charge is 0.220 e. The van der Waals surface area contributed by atoms with E-state index in [0.717, 1.165) is 17.7 Å². The van der Waals surface area contributed by atoms with Crippen molar-refractivity contribution in [2.24, 2.45) is 11.8 Å². The molecule has 0 saturated heterocycles. The minimum atomic E-state index is 0.229. The van der Waals surface area contributed by atoms with Crippen LogP contribution in [0.4, 0.5) is 0 Å². The summed E-state index contributed by atoms with van der Waals surface area (Å²) < 4.78 is 0. The average molecular weight is 290 g/mol. The van der Waals surface area contributed by atoms with E-state index in [1.165, 1.54) is 25.7 Å². The predicted molar refractivity (Wildman–Crippen MR) is 71.8 cm³/mol. The number of rotatable bonds is 6. The molecule has 1 aliphatic rings. The lowest BCUT2D eigenvalue weighted by Gasteiger charge is -2.19. The lowest BCUT2D eigenvalue weighted by Crippen LogP contribution is -2.37. The molecule has 16 heavy (non-hydrogen) atoms. The number of carbonyl (C=O) groups excluding carboxylic acids is 1. The topological polar surface area (TPSA) is 29.1 Å². The van der Waals surface area contributed by atoms with Gasteiger partial charge < -0.3 is 5.32 Å². The Bertz CT molecular complexity index is 214. The molecule has 0 heterocycles. The van der Waals surface area contributed by atoms with Gasteiger partial charge in [-0.15, -0.1) is 0 Å². The van der Waals surface area contributed by atoms with Gasteiger partial charge in [0.25, 0.3) is 0 Å². The zero-order valence-electron chi connectivity index (χ0n) is 10.5. The van der Waals surface area contributed by atoms with Crippen LogP contribution in [0.1, 0.15) is 52.4 Å². The van der Waals surface area contributed by atoms with E-state index in [1.807, 2.05) is 0 Å². The molecule has 0 aromatic rings. The summed E-state index contributed by atoms with van der Waals surface area (Å²) in [5.74, 6) is 1.54. The van der Waals surface area contributed by atoms with Crippen LogP contribution in [-0.2, 0) is 4.79 Å². The molecule has 1 aliphatic carbocycles. The van der Waals surface area contributed by atoms with Crippen LogP contribution >= 0.6 is 15.9 Å². The highest BCUT2D eigenvalue weighted by Gasteiger charge is 2.18. The predicted octanol–water partition coefficient (Wildman–Crippen LogP) is 3.49. The Kier molecular flexibility index (Phi) is 6.40. The van der Waals surface area contributed by atoms with Crippen molar-refractivity contribution >= 4 is 21.8 Å². The first-order valence-corrected chi connectivity index (χ1v) is 7.61. The second kappa shape index (κ2) is 7.31. The third-order valence-corrected chi connectivity index (χ3v) is 4.76. The van der Waals surface area contributed by atoms with Gasteiger partial charge in [-0.1, -0.05) is 48.5 Å². The first kappa shape index (κ1) is 14.0. The van der Waals surface area contributed by atoms with Gasteiger partial charge in [0.05, 0.1) is 0 Å². The highest BCUT2D eigenvalue weighted by Crippen LogP contribution is 2.28. The van der Waals surface area contributed by atoms with Crippen molar-refractivity contribution in [3.63, 3.8) is 0 Å². The molecule has 94 valence electrons. The number of amides is 1. The summed E-state index contributed by atoms with van der Waals surface area (Å²) in [6, 6.07) is 0.274. The molecule has 1 N–H and O–H groups in total.